The van der Waals surface area contributed by atoms with Gasteiger partial charge in [0.15, 0.2) is 0 Å². The van der Waals surface area contributed by atoms with Gasteiger partial charge >= 0.3 is 13.8 Å². The van der Waals surface area contributed by atoms with E-state index in [4.69, 9.17) is 13.8 Å². The first kappa shape index (κ1) is 64.2. The smallest absolute Gasteiger partial charge is 0.456 e. The Morgan fingerprint density at radius 2 is 0.970 bits per heavy atom. The largest absolute Gasteiger partial charge is 0.472 e. The lowest BCUT2D eigenvalue weighted by atomic mass is 10.1. The molecule has 2 N–H and O–H groups in total. The Hall–Kier alpha value is -2.81. The summed E-state index contributed by atoms with van der Waals surface area (Å²) >= 11 is 0. The number of ether oxygens (including phenoxy) is 1. The number of rotatable bonds is 47. The number of allylic oxidation sites excluding steroid dienone is 13. The summed E-state index contributed by atoms with van der Waals surface area (Å²) in [5.74, 6) is -0.599. The summed E-state index contributed by atoms with van der Waals surface area (Å²) in [6.45, 7) is 6.80. The third kappa shape index (κ3) is 48.0. The van der Waals surface area contributed by atoms with Crippen molar-refractivity contribution < 1.29 is 37.3 Å². The fourth-order valence-corrected chi connectivity index (χ4v) is 7.88. The Morgan fingerprint density at radius 1 is 0.537 bits per heavy atom. The number of amides is 1. The lowest BCUT2D eigenvalue weighted by molar-refractivity contribution is -0.870. The number of carbonyl (C=O) groups is 2. The Balaban J connectivity index is 5.51. The molecular formula is C57H102N2O7P+. The first-order valence-electron chi connectivity index (χ1n) is 26.9. The molecule has 0 bridgehead atoms. The number of nitrogens with zero attached hydrogens (tertiary/aromatic N) is 1. The maximum absolute atomic E-state index is 13.4. The maximum atomic E-state index is 13.4. The van der Waals surface area contributed by atoms with E-state index in [0.717, 1.165) is 83.5 Å². The van der Waals surface area contributed by atoms with Crippen molar-refractivity contribution >= 4 is 19.7 Å². The van der Waals surface area contributed by atoms with Crippen LogP contribution in [0.4, 0.5) is 0 Å². The molecule has 386 valence electrons. The van der Waals surface area contributed by atoms with Crippen molar-refractivity contribution in [3.05, 3.63) is 85.1 Å². The summed E-state index contributed by atoms with van der Waals surface area (Å²) in [5.41, 5.74) is 0. The fraction of sp³-hybridized carbons (Fsp3) is 0.719. The molecule has 0 fully saturated rings. The van der Waals surface area contributed by atoms with Gasteiger partial charge in [0.2, 0.25) is 5.91 Å². The zero-order chi connectivity index (χ0) is 49.4. The van der Waals surface area contributed by atoms with E-state index in [9.17, 15) is 19.0 Å². The van der Waals surface area contributed by atoms with Crippen molar-refractivity contribution in [2.75, 3.05) is 40.9 Å². The Morgan fingerprint density at radius 3 is 1.48 bits per heavy atom. The first-order chi connectivity index (χ1) is 32.4. The third-order valence-corrected chi connectivity index (χ3v) is 12.3. The minimum Gasteiger partial charge on any atom is -0.456 e. The molecule has 10 heteroatoms. The fourth-order valence-electron chi connectivity index (χ4n) is 7.14. The maximum Gasteiger partial charge on any atom is 0.472 e. The zero-order valence-corrected chi connectivity index (χ0v) is 44.8. The van der Waals surface area contributed by atoms with Gasteiger partial charge in [0.05, 0.1) is 33.8 Å². The van der Waals surface area contributed by atoms with Crippen molar-refractivity contribution in [2.24, 2.45) is 0 Å². The number of carbonyl (C=O) groups excluding carboxylic acids is 2. The van der Waals surface area contributed by atoms with Crippen LogP contribution in [-0.2, 0) is 27.9 Å². The van der Waals surface area contributed by atoms with Crippen LogP contribution < -0.4 is 5.32 Å². The molecule has 0 aliphatic heterocycles. The second-order valence-corrected chi connectivity index (χ2v) is 20.5. The highest BCUT2D eigenvalue weighted by atomic mass is 31.2. The van der Waals surface area contributed by atoms with Gasteiger partial charge in [-0.25, -0.2) is 4.57 Å². The van der Waals surface area contributed by atoms with Crippen LogP contribution in [0.2, 0.25) is 0 Å². The lowest BCUT2D eigenvalue weighted by Crippen LogP contribution is -2.47. The van der Waals surface area contributed by atoms with E-state index in [1.54, 1.807) is 0 Å². The number of hydrogen-bond donors (Lipinski definition) is 2. The van der Waals surface area contributed by atoms with Crippen molar-refractivity contribution in [3.63, 3.8) is 0 Å². The van der Waals surface area contributed by atoms with Gasteiger partial charge < -0.3 is 19.4 Å². The standard InChI is InChI=1S/C57H101N2O7P/c1-7-10-13-16-19-22-25-27-28-29-30-32-34-37-40-43-46-49-56(60)58-54(53-65-67(62,63)64-52-51-59(4,5)6)55(48-45-42-39-36-33-24-21-18-15-12-9-3)66-57(61)50-47-44-41-38-35-31-26-23-20-17-14-11-8-2/h10,13,19,22,27-28,30-32,35,37,40,45,48,54-55H,7-9,11-12,14-18,20-21,23-26,29,33-34,36,38-39,41-44,46-47,49-53H2,1-6H3,(H-,58,60,62,63)/p+1/b13-10-,22-19-,28-27-,32-30-,35-31-,40-37-,48-45-. The summed E-state index contributed by atoms with van der Waals surface area (Å²) in [7, 11) is 1.44. The predicted octanol–water partition coefficient (Wildman–Crippen LogP) is 15.9. The molecule has 0 aromatic rings. The number of quaternary nitrogens is 1. The van der Waals surface area contributed by atoms with Crippen LogP contribution in [0.15, 0.2) is 85.1 Å². The molecule has 0 saturated carbocycles. The van der Waals surface area contributed by atoms with Crippen molar-refractivity contribution in [2.45, 2.75) is 226 Å². The molecule has 67 heavy (non-hydrogen) atoms. The molecule has 3 unspecified atom stereocenters. The van der Waals surface area contributed by atoms with E-state index >= 15 is 0 Å². The van der Waals surface area contributed by atoms with E-state index in [-0.39, 0.29) is 37.9 Å². The molecule has 0 saturated heterocycles. The van der Waals surface area contributed by atoms with Gasteiger partial charge in [0.25, 0.3) is 0 Å². The van der Waals surface area contributed by atoms with Gasteiger partial charge in [0, 0.05) is 12.8 Å². The summed E-state index contributed by atoms with van der Waals surface area (Å²) in [6.07, 6.45) is 60.2. The topological polar surface area (TPSA) is 111 Å². The molecule has 0 spiro atoms. The zero-order valence-electron chi connectivity index (χ0n) is 43.9. The SMILES string of the molecule is CC/C=C\C/C=C\C/C=C\C/C=C\C/C=C\CCCC(=O)NC(COP(=O)(O)OCC[N+](C)(C)C)C(/C=C\CCCCCCCCCCC)OC(=O)CCCCC/C=C\CCCCCCCC. The second-order valence-electron chi connectivity index (χ2n) is 19.0. The van der Waals surface area contributed by atoms with Crippen LogP contribution in [0.3, 0.4) is 0 Å². The van der Waals surface area contributed by atoms with Crippen LogP contribution >= 0.6 is 7.82 Å². The Kier molecular flexibility index (Phi) is 44.9. The predicted molar refractivity (Wildman–Crippen MR) is 286 cm³/mol. The van der Waals surface area contributed by atoms with Crippen LogP contribution in [0.5, 0.6) is 0 Å². The first-order valence-corrected chi connectivity index (χ1v) is 28.4. The number of phosphoric ester groups is 1. The highest BCUT2D eigenvalue weighted by molar-refractivity contribution is 7.47. The van der Waals surface area contributed by atoms with Gasteiger partial charge in [-0.3, -0.25) is 18.6 Å². The molecule has 9 nitrogen and oxygen atoms in total. The summed E-state index contributed by atoms with van der Waals surface area (Å²) in [5, 5.41) is 3.00. The highest BCUT2D eigenvalue weighted by Gasteiger charge is 2.30. The average molecular weight is 958 g/mol. The van der Waals surface area contributed by atoms with E-state index in [1.807, 2.05) is 33.3 Å². The molecule has 0 aromatic carbocycles. The minimum absolute atomic E-state index is 0.0239. The highest BCUT2D eigenvalue weighted by Crippen LogP contribution is 2.43. The summed E-state index contributed by atoms with van der Waals surface area (Å²) < 4.78 is 30.5. The van der Waals surface area contributed by atoms with Crippen molar-refractivity contribution in [1.82, 2.24) is 5.32 Å². The van der Waals surface area contributed by atoms with E-state index in [0.29, 0.717) is 23.9 Å². The summed E-state index contributed by atoms with van der Waals surface area (Å²) in [6, 6.07) is -0.885. The molecule has 1 amide bonds. The number of likely N-dealkylation sites (N-methyl/N-ethyl adjacent to an activating group) is 1. The lowest BCUT2D eigenvalue weighted by Gasteiger charge is -2.27. The molecule has 0 aliphatic carbocycles. The number of unbranched alkanes of at least 4 members (excludes halogenated alkanes) is 19. The minimum atomic E-state index is -4.46. The van der Waals surface area contributed by atoms with Crippen molar-refractivity contribution in [1.29, 1.82) is 0 Å². The average Bonchev–Trinajstić information content (AvgIpc) is 3.28. The Bertz CT molecular complexity index is 1430. The monoisotopic (exact) mass is 958 g/mol. The van der Waals surface area contributed by atoms with E-state index in [1.165, 1.54) is 83.5 Å². The van der Waals surface area contributed by atoms with Gasteiger partial charge in [-0.05, 0) is 96.0 Å². The Labute approximate surface area is 412 Å². The van der Waals surface area contributed by atoms with Crippen LogP contribution in [0, 0.1) is 0 Å². The number of phosphoric acid groups is 1. The molecular weight excluding hydrogens is 856 g/mol. The van der Waals surface area contributed by atoms with Crippen LogP contribution in [0.1, 0.15) is 213 Å². The summed E-state index contributed by atoms with van der Waals surface area (Å²) in [4.78, 5) is 37.4. The molecule has 0 heterocycles. The van der Waals surface area contributed by atoms with Gasteiger partial charge in [-0.2, -0.15) is 0 Å². The number of nitrogens with one attached hydrogen (secondary N) is 1. The molecule has 0 radical (unpaired) electrons. The van der Waals surface area contributed by atoms with E-state index < -0.39 is 20.0 Å². The van der Waals surface area contributed by atoms with Crippen LogP contribution in [0.25, 0.3) is 0 Å². The number of esters is 1. The molecule has 0 aliphatic rings. The van der Waals surface area contributed by atoms with Gasteiger partial charge in [-0.1, -0.05) is 190 Å². The third-order valence-electron chi connectivity index (χ3n) is 11.3. The number of hydrogen-bond acceptors (Lipinski definition) is 6. The molecule has 0 rings (SSSR count). The second kappa shape index (κ2) is 46.9. The van der Waals surface area contributed by atoms with Gasteiger partial charge in [0.1, 0.15) is 19.3 Å². The molecule has 3 atom stereocenters. The van der Waals surface area contributed by atoms with Crippen LogP contribution in [-0.4, -0.2) is 74.3 Å². The molecule has 0 aromatic heterocycles. The van der Waals surface area contributed by atoms with E-state index in [2.05, 4.69) is 99.0 Å². The normalized spacial score (nSPS) is 14.6. The van der Waals surface area contributed by atoms with Crippen molar-refractivity contribution in [3.8, 4) is 0 Å². The quantitative estimate of drug-likeness (QED) is 0.0205. The van der Waals surface area contributed by atoms with Gasteiger partial charge in [-0.15, -0.1) is 0 Å².